The molecule has 0 atom stereocenters. The van der Waals surface area contributed by atoms with Gasteiger partial charge in [-0.1, -0.05) is 0 Å². The first-order valence-corrected chi connectivity index (χ1v) is 6.31. The highest BCUT2D eigenvalue weighted by Gasteiger charge is 2.21. The van der Waals surface area contributed by atoms with E-state index in [9.17, 15) is 9.59 Å². The molecule has 0 aromatic carbocycles. The second-order valence-corrected chi connectivity index (χ2v) is 5.08. The molecule has 0 amide bonds. The second kappa shape index (κ2) is 4.88. The van der Waals surface area contributed by atoms with Gasteiger partial charge in [-0.25, -0.2) is 4.98 Å². The molecule has 92 valence electrons. The molecule has 0 bridgehead atoms. The Labute approximate surface area is 112 Å². The number of anilines is 1. The summed E-state index contributed by atoms with van der Waals surface area (Å²) in [5.74, 6) is -0.305. The van der Waals surface area contributed by atoms with Crippen LogP contribution in [-0.2, 0) is 0 Å². The zero-order chi connectivity index (χ0) is 13.3. The van der Waals surface area contributed by atoms with E-state index < -0.39 is 5.24 Å². The van der Waals surface area contributed by atoms with Gasteiger partial charge in [0.25, 0.3) is 5.24 Å². The quantitative estimate of drug-likeness (QED) is 0.693. The molecular weight excluding hydrogens is 272 g/mol. The summed E-state index contributed by atoms with van der Waals surface area (Å²) in [4.78, 5) is 28.3. The predicted molar refractivity (Wildman–Crippen MR) is 71.3 cm³/mol. The third-order valence-electron chi connectivity index (χ3n) is 2.52. The summed E-state index contributed by atoms with van der Waals surface area (Å²) in [5.41, 5.74) is 6.28. The molecule has 18 heavy (non-hydrogen) atoms. The van der Waals surface area contributed by atoms with Gasteiger partial charge in [-0.05, 0) is 36.0 Å². The summed E-state index contributed by atoms with van der Waals surface area (Å²) >= 11 is 6.91. The number of rotatable bonds is 3. The van der Waals surface area contributed by atoms with Gasteiger partial charge in [-0.2, -0.15) is 0 Å². The van der Waals surface area contributed by atoms with Crippen molar-refractivity contribution in [3.63, 3.8) is 0 Å². The topological polar surface area (TPSA) is 73.1 Å². The molecule has 0 aliphatic carbocycles. The van der Waals surface area contributed by atoms with E-state index in [1.165, 1.54) is 23.6 Å². The lowest BCUT2D eigenvalue weighted by Gasteiger charge is -2.06. The molecule has 2 rings (SSSR count). The predicted octanol–water partition coefficient (Wildman–Crippen LogP) is 2.64. The van der Waals surface area contributed by atoms with Crippen LogP contribution in [0, 0.1) is 6.92 Å². The summed E-state index contributed by atoms with van der Waals surface area (Å²) in [7, 11) is 0. The van der Waals surface area contributed by atoms with Gasteiger partial charge in [0.05, 0.1) is 5.56 Å². The largest absolute Gasteiger partial charge is 0.383 e. The number of hydrogen-bond acceptors (Lipinski definition) is 5. The highest BCUT2D eigenvalue weighted by molar-refractivity contribution is 7.10. The molecule has 0 aliphatic heterocycles. The Morgan fingerprint density at radius 2 is 2.06 bits per heavy atom. The van der Waals surface area contributed by atoms with Gasteiger partial charge in [0, 0.05) is 22.2 Å². The average molecular weight is 281 g/mol. The summed E-state index contributed by atoms with van der Waals surface area (Å²) in [6.07, 6.45) is 1.38. The normalized spacial score (nSPS) is 10.3. The highest BCUT2D eigenvalue weighted by atomic mass is 35.5. The van der Waals surface area contributed by atoms with E-state index in [4.69, 9.17) is 17.3 Å². The van der Waals surface area contributed by atoms with Gasteiger partial charge in [0.1, 0.15) is 5.82 Å². The molecule has 2 heterocycles. The first-order chi connectivity index (χ1) is 8.52. The number of carbonyl (C=O) groups is 2. The van der Waals surface area contributed by atoms with Crippen molar-refractivity contribution in [1.82, 2.24) is 4.98 Å². The van der Waals surface area contributed by atoms with E-state index in [2.05, 4.69) is 4.98 Å². The summed E-state index contributed by atoms with van der Waals surface area (Å²) in [6, 6.07) is 3.16. The highest BCUT2D eigenvalue weighted by Crippen LogP contribution is 2.24. The van der Waals surface area contributed by atoms with E-state index in [-0.39, 0.29) is 22.7 Å². The number of hydrogen-bond donors (Lipinski definition) is 1. The van der Waals surface area contributed by atoms with E-state index in [1.807, 2.05) is 12.3 Å². The van der Waals surface area contributed by atoms with E-state index in [0.717, 1.165) is 4.88 Å². The molecule has 0 fully saturated rings. The number of nitrogens with zero attached hydrogens (tertiary/aromatic N) is 1. The van der Waals surface area contributed by atoms with Crippen LogP contribution in [0.1, 0.15) is 31.2 Å². The average Bonchev–Trinajstić information content (AvgIpc) is 2.73. The fourth-order valence-corrected chi connectivity index (χ4v) is 2.53. The standard InChI is InChI=1S/C12H9ClN2O2S/c1-6-7(3-5-18-6)10(16)8-2-4-15-12(14)9(8)11(13)17/h2-5H,1H3,(H2,14,15). The van der Waals surface area contributed by atoms with Crippen LogP contribution in [0.25, 0.3) is 0 Å². The minimum atomic E-state index is -0.781. The van der Waals surface area contributed by atoms with Crippen molar-refractivity contribution < 1.29 is 9.59 Å². The number of nitrogen functional groups attached to an aromatic ring is 1. The number of halogens is 1. The van der Waals surface area contributed by atoms with Crippen molar-refractivity contribution in [2.45, 2.75) is 6.92 Å². The minimum Gasteiger partial charge on any atom is -0.383 e. The van der Waals surface area contributed by atoms with Gasteiger partial charge in [-0.15, -0.1) is 11.3 Å². The molecule has 2 N–H and O–H groups in total. The Morgan fingerprint density at radius 1 is 1.33 bits per heavy atom. The summed E-state index contributed by atoms with van der Waals surface area (Å²) in [6.45, 7) is 1.84. The number of carbonyl (C=O) groups excluding carboxylic acids is 2. The number of aryl methyl sites for hydroxylation is 1. The van der Waals surface area contributed by atoms with Crippen LogP contribution in [0.4, 0.5) is 5.82 Å². The van der Waals surface area contributed by atoms with Crippen molar-refractivity contribution in [3.8, 4) is 0 Å². The minimum absolute atomic E-state index is 0.0326. The van der Waals surface area contributed by atoms with Gasteiger partial charge in [0.15, 0.2) is 5.78 Å². The molecule has 0 saturated heterocycles. The monoisotopic (exact) mass is 280 g/mol. The zero-order valence-electron chi connectivity index (χ0n) is 9.44. The second-order valence-electron chi connectivity index (χ2n) is 3.61. The Balaban J connectivity index is 2.59. The maximum Gasteiger partial charge on any atom is 0.256 e. The van der Waals surface area contributed by atoms with E-state index in [0.29, 0.717) is 5.56 Å². The number of thiophene rings is 1. The lowest BCUT2D eigenvalue weighted by atomic mass is 10.0. The van der Waals surface area contributed by atoms with Crippen molar-refractivity contribution in [1.29, 1.82) is 0 Å². The zero-order valence-corrected chi connectivity index (χ0v) is 11.0. The molecule has 2 aromatic rings. The molecule has 4 nitrogen and oxygen atoms in total. The first-order valence-electron chi connectivity index (χ1n) is 5.05. The van der Waals surface area contributed by atoms with Crippen LogP contribution in [0.3, 0.4) is 0 Å². The Morgan fingerprint density at radius 3 is 2.61 bits per heavy atom. The molecule has 0 aliphatic rings. The lowest BCUT2D eigenvalue weighted by Crippen LogP contribution is -2.11. The summed E-state index contributed by atoms with van der Waals surface area (Å²) in [5, 5.41) is 1.03. The molecule has 0 spiro atoms. The lowest BCUT2D eigenvalue weighted by molar-refractivity contribution is 0.102. The maximum absolute atomic E-state index is 12.3. The number of nitrogens with two attached hydrogens (primary N) is 1. The van der Waals surface area contributed by atoms with Crippen LogP contribution >= 0.6 is 22.9 Å². The van der Waals surface area contributed by atoms with Gasteiger partial charge < -0.3 is 5.73 Å². The van der Waals surface area contributed by atoms with Crippen molar-refractivity contribution in [2.75, 3.05) is 5.73 Å². The van der Waals surface area contributed by atoms with Crippen molar-refractivity contribution in [2.24, 2.45) is 0 Å². The molecule has 6 heteroatoms. The Bertz CT molecular complexity index is 637. The van der Waals surface area contributed by atoms with Gasteiger partial charge in [-0.3, -0.25) is 9.59 Å². The smallest absolute Gasteiger partial charge is 0.256 e. The van der Waals surface area contributed by atoms with Crippen LogP contribution in [0.15, 0.2) is 23.7 Å². The van der Waals surface area contributed by atoms with Crippen LogP contribution in [0.5, 0.6) is 0 Å². The fourth-order valence-electron chi connectivity index (χ4n) is 1.64. The van der Waals surface area contributed by atoms with Crippen LogP contribution in [0.2, 0.25) is 0 Å². The molecule has 2 aromatic heterocycles. The SMILES string of the molecule is Cc1sccc1C(=O)c1ccnc(N)c1C(=O)Cl. The van der Waals surface area contributed by atoms with Crippen molar-refractivity contribution >= 4 is 39.8 Å². The third-order valence-corrected chi connectivity index (χ3v) is 3.56. The number of aromatic nitrogens is 1. The molecule has 0 radical (unpaired) electrons. The number of pyridine rings is 1. The van der Waals surface area contributed by atoms with Gasteiger partial charge in [0.2, 0.25) is 0 Å². The summed E-state index contributed by atoms with van der Waals surface area (Å²) < 4.78 is 0. The van der Waals surface area contributed by atoms with Crippen LogP contribution in [-0.4, -0.2) is 16.0 Å². The molecule has 0 saturated carbocycles. The Hall–Kier alpha value is -1.72. The van der Waals surface area contributed by atoms with E-state index in [1.54, 1.807) is 6.07 Å². The van der Waals surface area contributed by atoms with Crippen molar-refractivity contribution in [3.05, 3.63) is 45.3 Å². The third kappa shape index (κ3) is 2.14. The number of ketones is 1. The molecular formula is C12H9ClN2O2S. The maximum atomic E-state index is 12.3. The Kier molecular flexibility index (Phi) is 3.45. The van der Waals surface area contributed by atoms with E-state index >= 15 is 0 Å². The van der Waals surface area contributed by atoms with Crippen LogP contribution < -0.4 is 5.73 Å². The van der Waals surface area contributed by atoms with Gasteiger partial charge >= 0.3 is 0 Å². The molecule has 0 unspecified atom stereocenters. The first kappa shape index (κ1) is 12.7. The fraction of sp³-hybridized carbons (Fsp3) is 0.0833.